The molecule has 0 spiro atoms. The van der Waals surface area contributed by atoms with Crippen LogP contribution < -0.4 is 10.6 Å². The number of carbonyl (C=O) groups is 1. The van der Waals surface area contributed by atoms with Crippen LogP contribution in [-0.2, 0) is 4.79 Å². The Morgan fingerprint density at radius 2 is 2.04 bits per heavy atom. The van der Waals surface area contributed by atoms with Gasteiger partial charge in [0.15, 0.2) is 0 Å². The molecular weight excluding hydrogens is 284 g/mol. The van der Waals surface area contributed by atoms with Crippen molar-refractivity contribution in [2.24, 2.45) is 5.92 Å². The van der Waals surface area contributed by atoms with Crippen LogP contribution in [0.25, 0.3) is 6.08 Å². The summed E-state index contributed by atoms with van der Waals surface area (Å²) in [6.07, 6.45) is 6.33. The maximum atomic E-state index is 11.4. The number of rotatable bonds is 5. The normalized spacial score (nSPS) is 26.8. The third-order valence-electron chi connectivity index (χ3n) is 4.52. The molecule has 126 valence electrons. The molecule has 1 aliphatic heterocycles. The molecule has 0 aromatic heterocycles. The van der Waals surface area contributed by atoms with Crippen LogP contribution in [-0.4, -0.2) is 24.5 Å². The maximum absolute atomic E-state index is 11.4. The van der Waals surface area contributed by atoms with E-state index >= 15 is 0 Å². The Labute approximate surface area is 140 Å². The van der Waals surface area contributed by atoms with Crippen molar-refractivity contribution in [2.75, 3.05) is 6.54 Å². The van der Waals surface area contributed by atoms with E-state index in [2.05, 4.69) is 54.0 Å². The van der Waals surface area contributed by atoms with E-state index in [1.807, 2.05) is 13.8 Å². The SMILES string of the molecule is CC.CC/C(=C\c1ccccc1)[C@@H]1C[C@H]1NC1CCNC(=O)C1. The zero-order valence-corrected chi connectivity index (χ0v) is 14.6. The van der Waals surface area contributed by atoms with Gasteiger partial charge in [0, 0.05) is 25.0 Å². The number of hydrogen-bond donors (Lipinski definition) is 2. The second kappa shape index (κ2) is 8.88. The Morgan fingerprint density at radius 1 is 1.30 bits per heavy atom. The summed E-state index contributed by atoms with van der Waals surface area (Å²) >= 11 is 0. The summed E-state index contributed by atoms with van der Waals surface area (Å²) in [6, 6.07) is 11.5. The minimum absolute atomic E-state index is 0.187. The van der Waals surface area contributed by atoms with Gasteiger partial charge >= 0.3 is 0 Å². The molecule has 3 heteroatoms. The van der Waals surface area contributed by atoms with Gasteiger partial charge in [-0.3, -0.25) is 4.79 Å². The topological polar surface area (TPSA) is 41.1 Å². The van der Waals surface area contributed by atoms with Gasteiger partial charge in [0.05, 0.1) is 0 Å². The monoisotopic (exact) mass is 314 g/mol. The van der Waals surface area contributed by atoms with Crippen molar-refractivity contribution in [2.45, 2.75) is 58.5 Å². The van der Waals surface area contributed by atoms with Crippen molar-refractivity contribution in [1.29, 1.82) is 0 Å². The molecular formula is C20H30N2O. The summed E-state index contributed by atoms with van der Waals surface area (Å²) in [5.74, 6) is 0.840. The van der Waals surface area contributed by atoms with Gasteiger partial charge < -0.3 is 10.6 Å². The first-order chi connectivity index (χ1) is 11.3. The predicted octanol–water partition coefficient (Wildman–Crippen LogP) is 3.76. The Kier molecular flexibility index (Phi) is 6.85. The fourth-order valence-corrected chi connectivity index (χ4v) is 3.25. The van der Waals surface area contributed by atoms with Crippen LogP contribution in [0.4, 0.5) is 0 Å². The van der Waals surface area contributed by atoms with E-state index in [0.717, 1.165) is 19.4 Å². The first-order valence-corrected chi connectivity index (χ1v) is 9.04. The molecule has 1 aromatic rings. The number of benzene rings is 1. The van der Waals surface area contributed by atoms with E-state index in [4.69, 9.17) is 0 Å². The molecule has 2 aliphatic rings. The lowest BCUT2D eigenvalue weighted by atomic mass is 10.0. The maximum Gasteiger partial charge on any atom is 0.221 e. The first-order valence-electron chi connectivity index (χ1n) is 9.04. The summed E-state index contributed by atoms with van der Waals surface area (Å²) in [5, 5.41) is 6.57. The predicted molar refractivity (Wildman–Crippen MR) is 97.1 cm³/mol. The van der Waals surface area contributed by atoms with Crippen LogP contribution in [0.1, 0.15) is 52.0 Å². The van der Waals surface area contributed by atoms with Crippen LogP contribution >= 0.6 is 0 Å². The van der Waals surface area contributed by atoms with E-state index < -0.39 is 0 Å². The third-order valence-corrected chi connectivity index (χ3v) is 4.52. The van der Waals surface area contributed by atoms with E-state index in [1.165, 1.54) is 17.6 Å². The highest BCUT2D eigenvalue weighted by Gasteiger charge is 2.40. The molecule has 3 rings (SSSR count). The standard InChI is InChI=1S/C18H24N2O.C2H6/c1-2-14(10-13-6-4-3-5-7-13)16-12-17(16)20-15-8-9-19-18(21)11-15;1-2/h3-7,10,15-17,20H,2,8-9,11-12H2,1H3,(H,19,21);1-2H3/b14-10+;/t15?,16-,17+;/m0./s1. The zero-order chi connectivity index (χ0) is 16.7. The van der Waals surface area contributed by atoms with Crippen LogP contribution in [0.15, 0.2) is 35.9 Å². The van der Waals surface area contributed by atoms with Gasteiger partial charge in [-0.25, -0.2) is 0 Å². The van der Waals surface area contributed by atoms with Gasteiger partial charge in [-0.05, 0) is 30.7 Å². The number of amides is 1. The molecule has 3 atom stereocenters. The molecule has 2 fully saturated rings. The van der Waals surface area contributed by atoms with Crippen LogP contribution in [0, 0.1) is 5.92 Å². The molecule has 1 saturated heterocycles. The lowest BCUT2D eigenvalue weighted by Gasteiger charge is -2.23. The molecule has 1 aliphatic carbocycles. The summed E-state index contributed by atoms with van der Waals surface area (Å²) in [4.78, 5) is 11.4. The lowest BCUT2D eigenvalue weighted by molar-refractivity contribution is -0.122. The molecule has 1 aromatic carbocycles. The minimum atomic E-state index is 0.187. The van der Waals surface area contributed by atoms with Crippen LogP contribution in [0.3, 0.4) is 0 Å². The molecule has 0 radical (unpaired) electrons. The highest BCUT2D eigenvalue weighted by Crippen LogP contribution is 2.40. The van der Waals surface area contributed by atoms with E-state index in [-0.39, 0.29) is 5.91 Å². The number of nitrogens with one attached hydrogen (secondary N) is 2. The number of piperidine rings is 1. The molecule has 2 N–H and O–H groups in total. The quantitative estimate of drug-likeness (QED) is 0.869. The van der Waals surface area contributed by atoms with E-state index in [9.17, 15) is 4.79 Å². The van der Waals surface area contributed by atoms with Crippen molar-refractivity contribution in [3.05, 3.63) is 41.5 Å². The summed E-state index contributed by atoms with van der Waals surface area (Å²) in [6.45, 7) is 7.05. The van der Waals surface area contributed by atoms with Crippen molar-refractivity contribution in [3.8, 4) is 0 Å². The van der Waals surface area contributed by atoms with Gasteiger partial charge in [-0.2, -0.15) is 0 Å². The minimum Gasteiger partial charge on any atom is -0.356 e. The second-order valence-corrected chi connectivity index (χ2v) is 6.14. The van der Waals surface area contributed by atoms with Gasteiger partial charge in [-0.15, -0.1) is 0 Å². The van der Waals surface area contributed by atoms with E-state index in [1.54, 1.807) is 0 Å². The van der Waals surface area contributed by atoms with Gasteiger partial charge in [0.1, 0.15) is 0 Å². The molecule has 0 bridgehead atoms. The molecule has 23 heavy (non-hydrogen) atoms. The molecule has 1 unspecified atom stereocenters. The van der Waals surface area contributed by atoms with Gasteiger partial charge in [-0.1, -0.05) is 62.8 Å². The van der Waals surface area contributed by atoms with Crippen LogP contribution in [0.2, 0.25) is 0 Å². The molecule has 1 saturated carbocycles. The highest BCUT2D eigenvalue weighted by molar-refractivity contribution is 5.77. The van der Waals surface area contributed by atoms with Crippen molar-refractivity contribution in [3.63, 3.8) is 0 Å². The van der Waals surface area contributed by atoms with Crippen molar-refractivity contribution in [1.82, 2.24) is 10.6 Å². The average molecular weight is 314 g/mol. The van der Waals surface area contributed by atoms with Gasteiger partial charge in [0.25, 0.3) is 0 Å². The fourth-order valence-electron chi connectivity index (χ4n) is 3.25. The molecule has 1 heterocycles. The Morgan fingerprint density at radius 3 is 2.70 bits per heavy atom. The Balaban J connectivity index is 0.000000924. The van der Waals surface area contributed by atoms with Crippen molar-refractivity contribution < 1.29 is 4.79 Å². The fraction of sp³-hybridized carbons (Fsp3) is 0.550. The second-order valence-electron chi connectivity index (χ2n) is 6.14. The van der Waals surface area contributed by atoms with Crippen molar-refractivity contribution >= 4 is 12.0 Å². The van der Waals surface area contributed by atoms with Crippen LogP contribution in [0.5, 0.6) is 0 Å². The van der Waals surface area contributed by atoms with E-state index in [0.29, 0.717) is 24.4 Å². The number of hydrogen-bond acceptors (Lipinski definition) is 2. The van der Waals surface area contributed by atoms with Gasteiger partial charge in [0.2, 0.25) is 5.91 Å². The molecule has 3 nitrogen and oxygen atoms in total. The average Bonchev–Trinajstić information content (AvgIpc) is 3.34. The smallest absolute Gasteiger partial charge is 0.221 e. The highest BCUT2D eigenvalue weighted by atomic mass is 16.1. The largest absolute Gasteiger partial charge is 0.356 e. The Bertz CT molecular complexity index is 524. The Hall–Kier alpha value is -1.61. The summed E-state index contributed by atoms with van der Waals surface area (Å²) < 4.78 is 0. The summed E-state index contributed by atoms with van der Waals surface area (Å²) in [5.41, 5.74) is 2.82. The zero-order valence-electron chi connectivity index (χ0n) is 14.6. The number of carbonyl (C=O) groups excluding carboxylic acids is 1. The molecule has 1 amide bonds. The lowest BCUT2D eigenvalue weighted by Crippen LogP contribution is -2.44. The summed E-state index contributed by atoms with van der Waals surface area (Å²) in [7, 11) is 0. The third kappa shape index (κ3) is 5.21. The first kappa shape index (κ1) is 17.7.